The van der Waals surface area contributed by atoms with Crippen molar-refractivity contribution >= 4 is 12.1 Å². The van der Waals surface area contributed by atoms with Gasteiger partial charge < -0.3 is 24.6 Å². The van der Waals surface area contributed by atoms with Crippen molar-refractivity contribution in [2.45, 2.75) is 45.4 Å². The molecular formula is C20H29FN4O3. The van der Waals surface area contributed by atoms with Crippen molar-refractivity contribution in [3.8, 4) is 5.75 Å². The highest BCUT2D eigenvalue weighted by atomic mass is 19.1. The Morgan fingerprint density at radius 2 is 2.18 bits per heavy atom. The monoisotopic (exact) mass is 392 g/mol. The first-order chi connectivity index (χ1) is 13.2. The van der Waals surface area contributed by atoms with E-state index in [9.17, 15) is 9.18 Å². The lowest BCUT2D eigenvalue weighted by Gasteiger charge is -2.39. The number of rotatable bonds is 4. The number of nitrogens with zero attached hydrogens (tertiary/aromatic N) is 3. The molecule has 7 nitrogen and oxygen atoms in total. The second-order valence-electron chi connectivity index (χ2n) is 8.20. The highest BCUT2D eigenvalue weighted by molar-refractivity contribution is 5.82. The molecule has 2 heterocycles. The summed E-state index contributed by atoms with van der Waals surface area (Å²) in [7, 11) is 0. The third kappa shape index (κ3) is 5.27. The second-order valence-corrected chi connectivity index (χ2v) is 8.20. The molecule has 1 N–H and O–H groups in total. The number of amides is 1. The van der Waals surface area contributed by atoms with Crippen molar-refractivity contribution in [1.82, 2.24) is 15.1 Å². The lowest BCUT2D eigenvalue weighted by atomic mass is 10.2. The van der Waals surface area contributed by atoms with Gasteiger partial charge in [0, 0.05) is 25.7 Å². The summed E-state index contributed by atoms with van der Waals surface area (Å²) >= 11 is 0. The first-order valence-corrected chi connectivity index (χ1v) is 9.66. The minimum absolute atomic E-state index is 0.147. The van der Waals surface area contributed by atoms with Gasteiger partial charge in [-0.15, -0.1) is 0 Å². The fourth-order valence-electron chi connectivity index (χ4n) is 3.27. The predicted octanol–water partition coefficient (Wildman–Crippen LogP) is 2.47. The normalized spacial score (nSPS) is 20.3. The molecule has 0 spiro atoms. The summed E-state index contributed by atoms with van der Waals surface area (Å²) in [6.45, 7) is 10.6. The zero-order valence-corrected chi connectivity index (χ0v) is 16.9. The van der Waals surface area contributed by atoms with Gasteiger partial charge >= 0.3 is 6.09 Å². The van der Waals surface area contributed by atoms with Crippen LogP contribution in [0.4, 0.5) is 9.18 Å². The number of guanidine groups is 1. The van der Waals surface area contributed by atoms with Crippen LogP contribution >= 0.6 is 0 Å². The summed E-state index contributed by atoms with van der Waals surface area (Å²) in [6, 6.07) is 6.28. The Balaban J connectivity index is 1.46. The predicted molar refractivity (Wildman–Crippen MR) is 105 cm³/mol. The molecule has 0 aromatic heterocycles. The smallest absolute Gasteiger partial charge is 0.410 e. The van der Waals surface area contributed by atoms with Crippen molar-refractivity contribution in [3.05, 3.63) is 30.1 Å². The van der Waals surface area contributed by atoms with Crippen LogP contribution in [0.5, 0.6) is 5.75 Å². The van der Waals surface area contributed by atoms with E-state index in [1.807, 2.05) is 27.7 Å². The summed E-state index contributed by atoms with van der Waals surface area (Å²) in [6.07, 6.45) is -0.419. The molecule has 1 aromatic rings. The highest BCUT2D eigenvalue weighted by Gasteiger charge is 2.36. The fourth-order valence-corrected chi connectivity index (χ4v) is 3.27. The van der Waals surface area contributed by atoms with Crippen LogP contribution < -0.4 is 10.1 Å². The summed E-state index contributed by atoms with van der Waals surface area (Å²) in [5.74, 6) is 1.01. The lowest BCUT2D eigenvalue weighted by molar-refractivity contribution is 0.0137. The van der Waals surface area contributed by atoms with E-state index in [0.717, 1.165) is 5.96 Å². The summed E-state index contributed by atoms with van der Waals surface area (Å²) in [5.41, 5.74) is -0.495. The van der Waals surface area contributed by atoms with Gasteiger partial charge in [-0.1, -0.05) is 6.07 Å². The number of carbonyl (C=O) groups excluding carboxylic acids is 1. The topological polar surface area (TPSA) is 66.4 Å². The van der Waals surface area contributed by atoms with E-state index in [4.69, 9.17) is 9.47 Å². The molecule has 0 saturated carbocycles. The molecule has 0 bridgehead atoms. The zero-order chi connectivity index (χ0) is 20.3. The van der Waals surface area contributed by atoms with E-state index in [2.05, 4.69) is 15.2 Å². The molecule has 0 radical (unpaired) electrons. The molecule has 2 atom stereocenters. The largest absolute Gasteiger partial charge is 0.489 e. The van der Waals surface area contributed by atoms with Gasteiger partial charge in [-0.25, -0.2) is 9.18 Å². The number of piperazine rings is 1. The third-order valence-corrected chi connectivity index (χ3v) is 4.54. The third-order valence-electron chi connectivity index (χ3n) is 4.54. The van der Waals surface area contributed by atoms with E-state index < -0.39 is 5.60 Å². The van der Waals surface area contributed by atoms with Crippen molar-refractivity contribution in [2.75, 3.05) is 32.7 Å². The van der Waals surface area contributed by atoms with Crippen LogP contribution in [0.2, 0.25) is 0 Å². The Kier molecular flexibility index (Phi) is 5.96. The number of fused-ring (bicyclic) bond motifs is 1. The molecule has 1 aromatic carbocycles. The Labute approximate surface area is 165 Å². The van der Waals surface area contributed by atoms with Crippen LogP contribution in [0, 0.1) is 5.82 Å². The molecule has 0 aliphatic carbocycles. The average molecular weight is 392 g/mol. The Morgan fingerprint density at radius 1 is 1.39 bits per heavy atom. The van der Waals surface area contributed by atoms with E-state index >= 15 is 0 Å². The van der Waals surface area contributed by atoms with E-state index in [1.165, 1.54) is 12.1 Å². The van der Waals surface area contributed by atoms with Crippen molar-refractivity contribution < 1.29 is 18.7 Å². The maximum atomic E-state index is 13.3. The van der Waals surface area contributed by atoms with Gasteiger partial charge in [0.25, 0.3) is 0 Å². The maximum Gasteiger partial charge on any atom is 0.410 e. The van der Waals surface area contributed by atoms with E-state index in [1.54, 1.807) is 17.0 Å². The zero-order valence-electron chi connectivity index (χ0n) is 16.9. The molecule has 8 heteroatoms. The van der Waals surface area contributed by atoms with Gasteiger partial charge in [-0.3, -0.25) is 4.99 Å². The number of carbonyl (C=O) groups is 1. The Morgan fingerprint density at radius 3 is 2.89 bits per heavy atom. The number of nitrogens with one attached hydrogen (secondary N) is 1. The number of aliphatic imine (C=N–C) groups is 1. The number of ether oxygens (including phenoxy) is 2. The minimum atomic E-state index is -0.495. The van der Waals surface area contributed by atoms with Crippen LogP contribution in [-0.2, 0) is 4.74 Å². The molecule has 28 heavy (non-hydrogen) atoms. The van der Waals surface area contributed by atoms with Crippen LogP contribution in [0.25, 0.3) is 0 Å². The van der Waals surface area contributed by atoms with Crippen LogP contribution in [-0.4, -0.2) is 72.3 Å². The van der Waals surface area contributed by atoms with Gasteiger partial charge in [0.15, 0.2) is 5.96 Å². The number of hydrogen-bond donors (Lipinski definition) is 1. The van der Waals surface area contributed by atoms with Gasteiger partial charge in [0.05, 0.1) is 19.1 Å². The van der Waals surface area contributed by atoms with Gasteiger partial charge in [0.1, 0.15) is 23.3 Å². The van der Waals surface area contributed by atoms with Crippen molar-refractivity contribution in [2.24, 2.45) is 4.99 Å². The average Bonchev–Trinajstić information content (AvgIpc) is 3.01. The molecule has 3 rings (SSSR count). The molecule has 1 amide bonds. The molecule has 1 fully saturated rings. The maximum absolute atomic E-state index is 13.3. The van der Waals surface area contributed by atoms with Gasteiger partial charge in [-0.2, -0.15) is 0 Å². The summed E-state index contributed by atoms with van der Waals surface area (Å²) in [4.78, 5) is 20.8. The standard InChI is InChI=1S/C20H29FN4O3/c1-14(27-17-7-5-6-15(21)10-17)11-22-18-23-12-16-13-24(8-9-25(16)18)19(26)28-20(2,3)4/h5-7,10,14,16H,8-9,11-13H2,1-4H3,(H,22,23). The molecule has 2 aliphatic heterocycles. The first-order valence-electron chi connectivity index (χ1n) is 9.66. The first kappa shape index (κ1) is 20.2. The Hall–Kier alpha value is -2.51. The quantitative estimate of drug-likeness (QED) is 0.853. The highest BCUT2D eigenvalue weighted by Crippen LogP contribution is 2.19. The molecule has 2 unspecified atom stereocenters. The number of halogens is 1. The van der Waals surface area contributed by atoms with Crippen molar-refractivity contribution in [3.63, 3.8) is 0 Å². The van der Waals surface area contributed by atoms with E-state index in [-0.39, 0.29) is 24.1 Å². The summed E-state index contributed by atoms with van der Waals surface area (Å²) < 4.78 is 24.5. The van der Waals surface area contributed by atoms with Crippen LogP contribution in [0.1, 0.15) is 27.7 Å². The van der Waals surface area contributed by atoms with Crippen molar-refractivity contribution in [1.29, 1.82) is 0 Å². The molecule has 1 saturated heterocycles. The lowest BCUT2D eigenvalue weighted by Crippen LogP contribution is -2.58. The fraction of sp³-hybridized carbons (Fsp3) is 0.600. The minimum Gasteiger partial charge on any atom is -0.489 e. The van der Waals surface area contributed by atoms with Gasteiger partial charge in [0.2, 0.25) is 0 Å². The van der Waals surface area contributed by atoms with Crippen LogP contribution in [0.3, 0.4) is 0 Å². The van der Waals surface area contributed by atoms with Gasteiger partial charge in [-0.05, 0) is 39.8 Å². The number of benzene rings is 1. The molecular weight excluding hydrogens is 363 g/mol. The molecule has 2 aliphatic rings. The number of hydrogen-bond acceptors (Lipinski definition) is 6. The SMILES string of the molecule is CC(CNC1=NCC2CN(C(=O)OC(C)(C)C)CCN12)Oc1cccc(F)c1. The Bertz CT molecular complexity index is 734. The van der Waals surface area contributed by atoms with E-state index in [0.29, 0.717) is 38.5 Å². The second kappa shape index (κ2) is 8.24. The van der Waals surface area contributed by atoms with Crippen LogP contribution in [0.15, 0.2) is 29.3 Å². The molecule has 154 valence electrons. The summed E-state index contributed by atoms with van der Waals surface area (Å²) in [5, 5.41) is 3.32.